The molecule has 3 heterocycles. The van der Waals surface area contributed by atoms with Crippen molar-refractivity contribution in [1.29, 1.82) is 0 Å². The Labute approximate surface area is 208 Å². The lowest BCUT2D eigenvalue weighted by atomic mass is 10.1. The summed E-state index contributed by atoms with van der Waals surface area (Å²) in [7, 11) is 0. The lowest BCUT2D eigenvalue weighted by Crippen LogP contribution is -2.24. The zero-order chi connectivity index (χ0) is 24.4. The predicted octanol–water partition coefficient (Wildman–Crippen LogP) is 5.41. The lowest BCUT2D eigenvalue weighted by molar-refractivity contribution is -0.119. The molecule has 2 aromatic heterocycles. The number of para-hydroxylation sites is 1. The van der Waals surface area contributed by atoms with Crippen molar-refractivity contribution >= 4 is 45.0 Å². The van der Waals surface area contributed by atoms with Crippen molar-refractivity contribution in [2.24, 2.45) is 0 Å². The molecular weight excluding hydrogens is 458 g/mol. The van der Waals surface area contributed by atoms with Crippen molar-refractivity contribution in [2.75, 3.05) is 23.3 Å². The first-order chi connectivity index (χ1) is 17.0. The third-order valence-electron chi connectivity index (χ3n) is 6.20. The second kappa shape index (κ2) is 9.84. The second-order valence-electron chi connectivity index (χ2n) is 8.78. The van der Waals surface area contributed by atoms with Gasteiger partial charge in [0.2, 0.25) is 5.91 Å². The van der Waals surface area contributed by atoms with Crippen LogP contribution in [0.3, 0.4) is 0 Å². The highest BCUT2D eigenvalue weighted by molar-refractivity contribution is 7.14. The number of pyridine rings is 1. The van der Waals surface area contributed by atoms with Gasteiger partial charge in [-0.3, -0.25) is 14.9 Å². The standard InChI is InChI=1S/C27H27N5O2S/c1-17(28-18(2)33)19-9-11-20(12-10-19)24-16-35-27(30-24)31-26(34)22-15-21-7-3-4-8-23(21)29-25(22)32-13-5-6-14-32/h3-4,7-12,15-17H,5-6,13-14H2,1-2H3,(H,28,33)(H,30,31,34). The normalized spacial score (nSPS) is 14.2. The minimum Gasteiger partial charge on any atom is -0.356 e. The smallest absolute Gasteiger partial charge is 0.261 e. The maximum atomic E-state index is 13.3. The highest BCUT2D eigenvalue weighted by Gasteiger charge is 2.23. The first kappa shape index (κ1) is 23.0. The van der Waals surface area contributed by atoms with Crippen LogP contribution in [0.4, 0.5) is 10.9 Å². The number of anilines is 2. The summed E-state index contributed by atoms with van der Waals surface area (Å²) in [6.07, 6.45) is 2.21. The van der Waals surface area contributed by atoms with Crippen LogP contribution in [-0.4, -0.2) is 34.9 Å². The lowest BCUT2D eigenvalue weighted by Gasteiger charge is -2.20. The fraction of sp³-hybridized carbons (Fsp3) is 0.259. The molecule has 5 rings (SSSR count). The molecule has 0 radical (unpaired) electrons. The van der Waals surface area contributed by atoms with Gasteiger partial charge < -0.3 is 10.2 Å². The summed E-state index contributed by atoms with van der Waals surface area (Å²) in [6, 6.07) is 17.7. The molecule has 0 aliphatic carbocycles. The number of carbonyl (C=O) groups is 2. The van der Waals surface area contributed by atoms with Crippen molar-refractivity contribution < 1.29 is 9.59 Å². The number of nitrogens with one attached hydrogen (secondary N) is 2. The maximum Gasteiger partial charge on any atom is 0.261 e. The molecule has 1 aliphatic rings. The van der Waals surface area contributed by atoms with Crippen LogP contribution in [0.25, 0.3) is 22.2 Å². The van der Waals surface area contributed by atoms with Crippen LogP contribution >= 0.6 is 11.3 Å². The number of amides is 2. The van der Waals surface area contributed by atoms with Crippen LogP contribution in [0.1, 0.15) is 48.7 Å². The number of hydrogen-bond donors (Lipinski definition) is 2. The monoisotopic (exact) mass is 485 g/mol. The minimum atomic E-state index is -0.203. The average molecular weight is 486 g/mol. The van der Waals surface area contributed by atoms with Crippen LogP contribution in [0.5, 0.6) is 0 Å². The number of fused-ring (bicyclic) bond motifs is 1. The molecule has 2 aromatic carbocycles. The Bertz CT molecular complexity index is 1380. The average Bonchev–Trinajstić information content (AvgIpc) is 3.55. The van der Waals surface area contributed by atoms with Crippen LogP contribution in [0, 0.1) is 0 Å². The Kier molecular flexibility index (Phi) is 6.46. The number of nitrogens with zero attached hydrogens (tertiary/aromatic N) is 3. The molecule has 1 aliphatic heterocycles. The van der Waals surface area contributed by atoms with E-state index in [4.69, 9.17) is 4.98 Å². The summed E-state index contributed by atoms with van der Waals surface area (Å²) in [5, 5.41) is 9.28. The van der Waals surface area contributed by atoms with E-state index in [-0.39, 0.29) is 17.9 Å². The fourth-order valence-corrected chi connectivity index (χ4v) is 5.12. The largest absolute Gasteiger partial charge is 0.356 e. The quantitative estimate of drug-likeness (QED) is 0.381. The highest BCUT2D eigenvalue weighted by Crippen LogP contribution is 2.30. The number of carbonyl (C=O) groups excluding carboxylic acids is 2. The van der Waals surface area contributed by atoms with Gasteiger partial charge in [0.25, 0.3) is 5.91 Å². The van der Waals surface area contributed by atoms with Gasteiger partial charge >= 0.3 is 0 Å². The predicted molar refractivity (Wildman–Crippen MR) is 141 cm³/mol. The Morgan fingerprint density at radius 1 is 1.03 bits per heavy atom. The topological polar surface area (TPSA) is 87.2 Å². The molecule has 0 spiro atoms. The molecule has 7 nitrogen and oxygen atoms in total. The van der Waals surface area contributed by atoms with Crippen molar-refractivity contribution in [2.45, 2.75) is 32.7 Å². The van der Waals surface area contributed by atoms with Crippen molar-refractivity contribution in [3.8, 4) is 11.3 Å². The molecule has 2 N–H and O–H groups in total. The molecule has 4 aromatic rings. The third kappa shape index (κ3) is 5.02. The van der Waals surface area contributed by atoms with Crippen molar-refractivity contribution in [3.63, 3.8) is 0 Å². The number of aromatic nitrogens is 2. The van der Waals surface area contributed by atoms with E-state index in [1.807, 2.05) is 66.9 Å². The van der Waals surface area contributed by atoms with Gasteiger partial charge in [-0.2, -0.15) is 0 Å². The maximum absolute atomic E-state index is 13.3. The third-order valence-corrected chi connectivity index (χ3v) is 6.96. The van der Waals surface area contributed by atoms with Crippen LogP contribution in [-0.2, 0) is 4.79 Å². The van der Waals surface area contributed by atoms with Gasteiger partial charge in [-0.05, 0) is 37.5 Å². The van der Waals surface area contributed by atoms with E-state index in [0.717, 1.165) is 59.5 Å². The highest BCUT2D eigenvalue weighted by atomic mass is 32.1. The zero-order valence-corrected chi connectivity index (χ0v) is 20.6. The molecular formula is C27H27N5O2S. The second-order valence-corrected chi connectivity index (χ2v) is 9.64. The van der Waals surface area contributed by atoms with Crippen LogP contribution in [0.15, 0.2) is 60.0 Å². The van der Waals surface area contributed by atoms with Crippen LogP contribution < -0.4 is 15.5 Å². The van der Waals surface area contributed by atoms with E-state index in [0.29, 0.717) is 10.7 Å². The zero-order valence-electron chi connectivity index (χ0n) is 19.7. The fourth-order valence-electron chi connectivity index (χ4n) is 4.40. The molecule has 178 valence electrons. The van der Waals surface area contributed by atoms with E-state index in [1.54, 1.807) is 0 Å². The van der Waals surface area contributed by atoms with E-state index in [2.05, 4.69) is 20.5 Å². The van der Waals surface area contributed by atoms with Crippen molar-refractivity contribution in [3.05, 3.63) is 71.1 Å². The summed E-state index contributed by atoms with van der Waals surface area (Å²) in [4.78, 5) is 36.3. The summed E-state index contributed by atoms with van der Waals surface area (Å²) in [6.45, 7) is 5.27. The number of benzene rings is 2. The molecule has 35 heavy (non-hydrogen) atoms. The molecule has 1 unspecified atom stereocenters. The Hall–Kier alpha value is -3.78. The SMILES string of the molecule is CC(=O)NC(C)c1ccc(-c2csc(NC(=O)c3cc4ccccc4nc3N3CCCC3)n2)cc1. The first-order valence-electron chi connectivity index (χ1n) is 11.8. The molecule has 1 saturated heterocycles. The summed E-state index contributed by atoms with van der Waals surface area (Å²) < 4.78 is 0. The van der Waals surface area contributed by atoms with Crippen molar-refractivity contribution in [1.82, 2.24) is 15.3 Å². The van der Waals surface area contributed by atoms with E-state index < -0.39 is 0 Å². The first-order valence-corrected chi connectivity index (χ1v) is 12.6. The molecule has 0 saturated carbocycles. The van der Waals surface area contributed by atoms with E-state index >= 15 is 0 Å². The summed E-state index contributed by atoms with van der Waals surface area (Å²) >= 11 is 1.39. The van der Waals surface area contributed by atoms with Gasteiger partial charge in [-0.1, -0.05) is 42.5 Å². The van der Waals surface area contributed by atoms with Gasteiger partial charge in [-0.25, -0.2) is 9.97 Å². The molecule has 2 amide bonds. The minimum absolute atomic E-state index is 0.0593. The van der Waals surface area contributed by atoms with Gasteiger partial charge in [-0.15, -0.1) is 11.3 Å². The van der Waals surface area contributed by atoms with E-state index in [9.17, 15) is 9.59 Å². The summed E-state index contributed by atoms with van der Waals surface area (Å²) in [5.74, 6) is 0.473. The number of thiazole rings is 1. The molecule has 1 fully saturated rings. The molecule has 8 heteroatoms. The van der Waals surface area contributed by atoms with Gasteiger partial charge in [0, 0.05) is 36.3 Å². The van der Waals surface area contributed by atoms with Gasteiger partial charge in [0.05, 0.1) is 22.8 Å². The van der Waals surface area contributed by atoms with Crippen LogP contribution in [0.2, 0.25) is 0 Å². The van der Waals surface area contributed by atoms with Gasteiger partial charge in [0.15, 0.2) is 5.13 Å². The number of hydrogen-bond acceptors (Lipinski definition) is 6. The Morgan fingerprint density at radius 3 is 2.51 bits per heavy atom. The molecule has 0 bridgehead atoms. The molecule has 1 atom stereocenters. The Balaban J connectivity index is 1.36. The number of rotatable bonds is 6. The van der Waals surface area contributed by atoms with E-state index in [1.165, 1.54) is 18.3 Å². The summed E-state index contributed by atoms with van der Waals surface area (Å²) in [5.41, 5.74) is 4.22. The van der Waals surface area contributed by atoms with Gasteiger partial charge in [0.1, 0.15) is 5.82 Å². The Morgan fingerprint density at radius 2 is 1.77 bits per heavy atom.